The first-order chi connectivity index (χ1) is 7.58. The van der Waals surface area contributed by atoms with Crippen molar-refractivity contribution >= 4 is 5.97 Å². The monoisotopic (exact) mass is 221 g/mol. The first kappa shape index (κ1) is 10.3. The van der Waals surface area contributed by atoms with Gasteiger partial charge < -0.3 is 5.11 Å². The van der Waals surface area contributed by atoms with Crippen molar-refractivity contribution in [1.82, 2.24) is 14.8 Å². The number of hydrogen-bond acceptors (Lipinski definition) is 3. The molecule has 0 aromatic carbocycles. The van der Waals surface area contributed by atoms with E-state index in [4.69, 9.17) is 5.11 Å². The number of aryl methyl sites for hydroxylation is 1. The van der Waals surface area contributed by atoms with E-state index in [0.717, 1.165) is 6.20 Å². The van der Waals surface area contributed by atoms with Crippen LogP contribution in [0.3, 0.4) is 0 Å². The Morgan fingerprint density at radius 1 is 1.56 bits per heavy atom. The Labute approximate surface area is 90.2 Å². The van der Waals surface area contributed by atoms with Crippen molar-refractivity contribution in [2.45, 2.75) is 6.92 Å². The number of nitrogens with zero attached hydrogens (tertiary/aromatic N) is 3. The molecule has 0 radical (unpaired) electrons. The van der Waals surface area contributed by atoms with Gasteiger partial charge >= 0.3 is 5.97 Å². The van der Waals surface area contributed by atoms with Crippen LogP contribution in [0.1, 0.15) is 16.2 Å². The van der Waals surface area contributed by atoms with Crippen LogP contribution in [-0.2, 0) is 0 Å². The maximum Gasteiger partial charge on any atom is 0.356 e. The van der Waals surface area contributed by atoms with Gasteiger partial charge in [0, 0.05) is 11.9 Å². The Kier molecular flexibility index (Phi) is 2.40. The summed E-state index contributed by atoms with van der Waals surface area (Å²) in [6.07, 6.45) is 2.47. The number of aromatic nitrogens is 3. The summed E-state index contributed by atoms with van der Waals surface area (Å²) in [5.74, 6) is -1.70. The van der Waals surface area contributed by atoms with Gasteiger partial charge in [-0.1, -0.05) is 0 Å². The van der Waals surface area contributed by atoms with Crippen molar-refractivity contribution in [2.24, 2.45) is 0 Å². The normalized spacial score (nSPS) is 10.4. The molecule has 0 saturated heterocycles. The van der Waals surface area contributed by atoms with E-state index in [2.05, 4.69) is 10.1 Å². The van der Waals surface area contributed by atoms with E-state index < -0.39 is 11.8 Å². The molecule has 6 heteroatoms. The molecule has 0 saturated carbocycles. The Hall–Kier alpha value is -2.24. The molecule has 0 aliphatic heterocycles. The second-order valence-corrected chi connectivity index (χ2v) is 3.23. The zero-order valence-electron chi connectivity index (χ0n) is 8.38. The fourth-order valence-corrected chi connectivity index (χ4v) is 1.28. The molecular weight excluding hydrogens is 213 g/mol. The van der Waals surface area contributed by atoms with Crippen LogP contribution in [0.15, 0.2) is 24.5 Å². The Bertz CT molecular complexity index is 551. The molecule has 0 unspecified atom stereocenters. The van der Waals surface area contributed by atoms with Gasteiger partial charge in [0.1, 0.15) is 5.69 Å². The maximum atomic E-state index is 13.4. The van der Waals surface area contributed by atoms with Crippen molar-refractivity contribution in [3.63, 3.8) is 0 Å². The number of carboxylic acid groups (broad SMARTS) is 1. The minimum absolute atomic E-state index is 0.131. The lowest BCUT2D eigenvalue weighted by molar-refractivity contribution is 0.0690. The van der Waals surface area contributed by atoms with E-state index in [1.807, 2.05) is 0 Å². The highest BCUT2D eigenvalue weighted by Crippen LogP contribution is 2.12. The molecule has 2 aromatic rings. The van der Waals surface area contributed by atoms with Crippen molar-refractivity contribution in [3.8, 4) is 5.69 Å². The molecule has 0 aliphatic rings. The fraction of sp³-hybridized carbons (Fsp3) is 0.100. The van der Waals surface area contributed by atoms with Crippen LogP contribution in [0.5, 0.6) is 0 Å². The lowest BCUT2D eigenvalue weighted by atomic mass is 10.3. The topological polar surface area (TPSA) is 68.0 Å². The van der Waals surface area contributed by atoms with Crippen LogP contribution >= 0.6 is 0 Å². The highest BCUT2D eigenvalue weighted by atomic mass is 19.1. The largest absolute Gasteiger partial charge is 0.476 e. The fourth-order valence-electron chi connectivity index (χ4n) is 1.28. The van der Waals surface area contributed by atoms with Gasteiger partial charge in [-0.25, -0.2) is 13.9 Å². The molecule has 1 N–H and O–H groups in total. The zero-order chi connectivity index (χ0) is 11.7. The van der Waals surface area contributed by atoms with E-state index in [1.165, 1.54) is 23.0 Å². The van der Waals surface area contributed by atoms with Crippen molar-refractivity contribution in [2.75, 3.05) is 0 Å². The van der Waals surface area contributed by atoms with E-state index in [-0.39, 0.29) is 11.4 Å². The summed E-state index contributed by atoms with van der Waals surface area (Å²) >= 11 is 0. The molecule has 0 spiro atoms. The number of rotatable bonds is 2. The van der Waals surface area contributed by atoms with Gasteiger partial charge in [-0.2, -0.15) is 5.10 Å². The first-order valence-electron chi connectivity index (χ1n) is 4.49. The van der Waals surface area contributed by atoms with Crippen LogP contribution in [0.25, 0.3) is 5.69 Å². The van der Waals surface area contributed by atoms with E-state index in [1.54, 1.807) is 6.92 Å². The zero-order valence-corrected chi connectivity index (χ0v) is 8.38. The smallest absolute Gasteiger partial charge is 0.356 e. The Morgan fingerprint density at radius 2 is 2.31 bits per heavy atom. The average molecular weight is 221 g/mol. The van der Waals surface area contributed by atoms with Gasteiger partial charge in [0.15, 0.2) is 11.5 Å². The number of pyridine rings is 1. The predicted octanol–water partition coefficient (Wildman–Crippen LogP) is 1.41. The van der Waals surface area contributed by atoms with E-state index in [9.17, 15) is 9.18 Å². The summed E-state index contributed by atoms with van der Waals surface area (Å²) in [4.78, 5) is 14.4. The van der Waals surface area contributed by atoms with Crippen molar-refractivity contribution in [1.29, 1.82) is 0 Å². The summed E-state index contributed by atoms with van der Waals surface area (Å²) in [5, 5.41) is 12.4. The van der Waals surface area contributed by atoms with Crippen LogP contribution in [0.2, 0.25) is 0 Å². The molecule has 0 atom stereocenters. The number of carboxylic acids is 1. The Balaban J connectivity index is 2.50. The average Bonchev–Trinajstić information content (AvgIpc) is 2.70. The second-order valence-electron chi connectivity index (χ2n) is 3.23. The molecule has 0 bridgehead atoms. The second kappa shape index (κ2) is 3.73. The van der Waals surface area contributed by atoms with Crippen LogP contribution < -0.4 is 0 Å². The standard InChI is InChI=1S/C10H8FN3O2/c1-6-4-9(7(11)5-12-6)14-3-2-8(13-14)10(15)16/h2-5H,1H3,(H,15,16). The van der Waals surface area contributed by atoms with E-state index >= 15 is 0 Å². The lowest BCUT2D eigenvalue weighted by Gasteiger charge is -2.03. The molecule has 0 aliphatic carbocycles. The molecular formula is C10H8FN3O2. The maximum absolute atomic E-state index is 13.4. The summed E-state index contributed by atoms with van der Waals surface area (Å²) in [6, 6.07) is 2.80. The van der Waals surface area contributed by atoms with E-state index in [0.29, 0.717) is 5.69 Å². The van der Waals surface area contributed by atoms with Gasteiger partial charge in [-0.05, 0) is 19.1 Å². The SMILES string of the molecule is Cc1cc(-n2ccc(C(=O)O)n2)c(F)cn1. The summed E-state index contributed by atoms with van der Waals surface area (Å²) in [7, 11) is 0. The highest BCUT2D eigenvalue weighted by Gasteiger charge is 2.10. The predicted molar refractivity (Wildman–Crippen MR) is 53.0 cm³/mol. The van der Waals surface area contributed by atoms with Crippen LogP contribution in [0.4, 0.5) is 4.39 Å². The molecule has 2 aromatic heterocycles. The minimum Gasteiger partial charge on any atom is -0.476 e. The third-order valence-corrected chi connectivity index (χ3v) is 2.03. The summed E-state index contributed by atoms with van der Waals surface area (Å²) in [5.41, 5.74) is 0.678. The van der Waals surface area contributed by atoms with Crippen LogP contribution in [0, 0.1) is 12.7 Å². The molecule has 2 heterocycles. The van der Waals surface area contributed by atoms with Gasteiger partial charge in [-0.3, -0.25) is 4.98 Å². The van der Waals surface area contributed by atoms with Crippen LogP contribution in [-0.4, -0.2) is 25.8 Å². The van der Waals surface area contributed by atoms with Crippen molar-refractivity contribution in [3.05, 3.63) is 41.7 Å². The number of carbonyl (C=O) groups is 1. The third kappa shape index (κ3) is 1.77. The molecule has 0 amide bonds. The number of aromatic carboxylic acids is 1. The van der Waals surface area contributed by atoms with Gasteiger partial charge in [0.2, 0.25) is 0 Å². The Morgan fingerprint density at radius 3 is 2.94 bits per heavy atom. The minimum atomic E-state index is -1.15. The van der Waals surface area contributed by atoms with Gasteiger partial charge in [0.25, 0.3) is 0 Å². The van der Waals surface area contributed by atoms with Crippen molar-refractivity contribution < 1.29 is 14.3 Å². The molecule has 2 rings (SSSR count). The molecule has 5 nitrogen and oxygen atoms in total. The molecule has 0 fully saturated rings. The van der Waals surface area contributed by atoms with Gasteiger partial charge in [0.05, 0.1) is 6.20 Å². The number of hydrogen-bond donors (Lipinski definition) is 1. The molecule has 82 valence electrons. The highest BCUT2D eigenvalue weighted by molar-refractivity contribution is 5.85. The van der Waals surface area contributed by atoms with Gasteiger partial charge in [-0.15, -0.1) is 0 Å². The third-order valence-electron chi connectivity index (χ3n) is 2.03. The first-order valence-corrected chi connectivity index (χ1v) is 4.49. The summed E-state index contributed by atoms with van der Waals surface area (Å²) < 4.78 is 14.6. The molecule has 16 heavy (non-hydrogen) atoms. The lowest BCUT2D eigenvalue weighted by Crippen LogP contribution is -2.03. The number of halogens is 1. The quantitative estimate of drug-likeness (QED) is 0.832. The summed E-state index contributed by atoms with van der Waals surface area (Å²) in [6.45, 7) is 1.71.